The van der Waals surface area contributed by atoms with E-state index in [0.29, 0.717) is 6.04 Å². The second-order valence-corrected chi connectivity index (χ2v) is 4.84. The molecule has 1 N–H and O–H groups in total. The number of nitrogens with zero attached hydrogens (tertiary/aromatic N) is 2. The van der Waals surface area contributed by atoms with Crippen LogP contribution in [0.25, 0.3) is 0 Å². The molecule has 4 heteroatoms. The van der Waals surface area contributed by atoms with E-state index in [1.165, 1.54) is 16.3 Å². The van der Waals surface area contributed by atoms with Crippen LogP contribution in [0.4, 0.5) is 0 Å². The Balaban J connectivity index is 2.00. The van der Waals surface area contributed by atoms with Crippen LogP contribution in [-0.2, 0) is 6.54 Å². The summed E-state index contributed by atoms with van der Waals surface area (Å²) in [6.07, 6.45) is 3.24. The lowest BCUT2D eigenvalue weighted by Gasteiger charge is -2.25. The van der Waals surface area contributed by atoms with E-state index in [0.717, 1.165) is 13.1 Å². The van der Waals surface area contributed by atoms with Gasteiger partial charge in [-0.2, -0.15) is 0 Å². The van der Waals surface area contributed by atoms with Crippen molar-refractivity contribution in [2.45, 2.75) is 19.0 Å². The highest BCUT2D eigenvalue weighted by molar-refractivity contribution is 7.11. The maximum atomic E-state index is 4.42. The van der Waals surface area contributed by atoms with Gasteiger partial charge in [-0.1, -0.05) is 0 Å². The van der Waals surface area contributed by atoms with E-state index in [2.05, 4.69) is 29.3 Å². The van der Waals surface area contributed by atoms with Crippen LogP contribution in [0.5, 0.6) is 0 Å². The fourth-order valence-corrected chi connectivity index (χ4v) is 2.51. The summed E-state index contributed by atoms with van der Waals surface area (Å²) in [5, 5.41) is 4.62. The predicted octanol–water partition coefficient (Wildman–Crippen LogP) is 1.24. The topological polar surface area (TPSA) is 28.2 Å². The molecule has 0 saturated carbocycles. The van der Waals surface area contributed by atoms with Crippen LogP contribution in [0.1, 0.15) is 22.3 Å². The normalized spacial score (nSPS) is 21.9. The molecule has 1 saturated heterocycles. The van der Waals surface area contributed by atoms with Crippen LogP contribution < -0.4 is 5.32 Å². The number of aromatic nitrogens is 1. The zero-order chi connectivity index (χ0) is 9.26. The quantitative estimate of drug-likeness (QED) is 0.790. The molecule has 1 unspecified atom stereocenters. The molecule has 1 aliphatic heterocycles. The number of hydrogen-bond donors (Lipinski definition) is 1. The molecule has 72 valence electrons. The molecule has 2 rings (SSSR count). The largest absolute Gasteiger partial charge is 0.308 e. The Morgan fingerprint density at radius 2 is 2.46 bits per heavy atom. The highest BCUT2D eigenvalue weighted by atomic mass is 32.1. The van der Waals surface area contributed by atoms with Crippen molar-refractivity contribution in [1.29, 1.82) is 0 Å². The van der Waals surface area contributed by atoms with Crippen molar-refractivity contribution >= 4 is 11.3 Å². The Kier molecular flexibility index (Phi) is 2.62. The first kappa shape index (κ1) is 9.12. The average Bonchev–Trinajstić information content (AvgIpc) is 2.31. The van der Waals surface area contributed by atoms with Crippen LogP contribution in [-0.4, -0.2) is 30.5 Å². The summed E-state index contributed by atoms with van der Waals surface area (Å²) in [7, 11) is 4.17. The first-order valence-corrected chi connectivity index (χ1v) is 5.40. The molecule has 2 heterocycles. The third-order valence-corrected chi connectivity index (χ3v) is 3.26. The van der Waals surface area contributed by atoms with Crippen LogP contribution in [0, 0.1) is 0 Å². The molecule has 0 spiro atoms. The van der Waals surface area contributed by atoms with E-state index in [1.807, 2.05) is 17.5 Å². The summed E-state index contributed by atoms with van der Waals surface area (Å²) in [5.74, 6) is 0. The van der Waals surface area contributed by atoms with Gasteiger partial charge in [-0.05, 0) is 27.1 Å². The average molecular weight is 197 g/mol. The maximum Gasteiger partial charge on any atom is 0.110 e. The van der Waals surface area contributed by atoms with Crippen LogP contribution >= 0.6 is 11.3 Å². The monoisotopic (exact) mass is 197 g/mol. The third-order valence-electron chi connectivity index (χ3n) is 2.17. The van der Waals surface area contributed by atoms with Gasteiger partial charge in [0.15, 0.2) is 0 Å². The van der Waals surface area contributed by atoms with Gasteiger partial charge in [0.2, 0.25) is 0 Å². The van der Waals surface area contributed by atoms with Crippen LogP contribution in [0.2, 0.25) is 0 Å². The van der Waals surface area contributed by atoms with Crippen LogP contribution in [0.15, 0.2) is 6.20 Å². The summed E-state index contributed by atoms with van der Waals surface area (Å²) in [4.78, 5) is 7.95. The van der Waals surface area contributed by atoms with Crippen molar-refractivity contribution in [3.8, 4) is 0 Å². The summed E-state index contributed by atoms with van der Waals surface area (Å²) in [6.45, 7) is 2.15. The van der Waals surface area contributed by atoms with Crippen molar-refractivity contribution < 1.29 is 0 Å². The lowest BCUT2D eigenvalue weighted by atomic mass is 10.1. The fourth-order valence-electron chi connectivity index (χ4n) is 1.37. The summed E-state index contributed by atoms with van der Waals surface area (Å²) < 4.78 is 0. The standard InChI is InChI=1S/C9H15N3S/c1-12(2)6-7-5-11-9(13-7)8-3-4-10-8/h5,8,10H,3-4,6H2,1-2H3. The summed E-state index contributed by atoms with van der Waals surface area (Å²) >= 11 is 1.83. The molecule has 3 nitrogen and oxygen atoms in total. The maximum absolute atomic E-state index is 4.42. The van der Waals surface area contributed by atoms with Gasteiger partial charge in [-0.25, -0.2) is 4.98 Å². The smallest absolute Gasteiger partial charge is 0.110 e. The Morgan fingerprint density at radius 1 is 1.69 bits per heavy atom. The number of thiazole rings is 1. The van der Waals surface area contributed by atoms with Crippen molar-refractivity contribution in [3.05, 3.63) is 16.1 Å². The Labute approximate surface area is 82.8 Å². The molecule has 0 aromatic carbocycles. The van der Waals surface area contributed by atoms with Gasteiger partial charge < -0.3 is 10.2 Å². The molecule has 1 aliphatic rings. The highest BCUT2D eigenvalue weighted by Gasteiger charge is 2.21. The van der Waals surface area contributed by atoms with E-state index in [4.69, 9.17) is 0 Å². The molecule has 1 aromatic heterocycles. The minimum atomic E-state index is 0.543. The first-order valence-electron chi connectivity index (χ1n) is 4.58. The summed E-state index contributed by atoms with van der Waals surface area (Å²) in [5.41, 5.74) is 0. The molecule has 1 aromatic rings. The number of nitrogens with one attached hydrogen (secondary N) is 1. The molecular formula is C9H15N3S. The fraction of sp³-hybridized carbons (Fsp3) is 0.667. The molecule has 1 atom stereocenters. The minimum Gasteiger partial charge on any atom is -0.308 e. The second-order valence-electron chi connectivity index (χ2n) is 3.70. The zero-order valence-corrected chi connectivity index (χ0v) is 8.90. The SMILES string of the molecule is CN(C)Cc1cnc(C2CCN2)s1. The molecule has 13 heavy (non-hydrogen) atoms. The lowest BCUT2D eigenvalue weighted by molar-refractivity contribution is 0.382. The van der Waals surface area contributed by atoms with Crippen molar-refractivity contribution in [3.63, 3.8) is 0 Å². The van der Waals surface area contributed by atoms with Gasteiger partial charge in [0.25, 0.3) is 0 Å². The van der Waals surface area contributed by atoms with Gasteiger partial charge in [-0.3, -0.25) is 0 Å². The summed E-state index contributed by atoms with van der Waals surface area (Å²) in [6, 6.07) is 0.543. The predicted molar refractivity (Wildman–Crippen MR) is 54.9 cm³/mol. The minimum absolute atomic E-state index is 0.543. The van der Waals surface area contributed by atoms with Gasteiger partial charge in [0.05, 0.1) is 6.04 Å². The molecule has 0 radical (unpaired) electrons. The Morgan fingerprint density at radius 3 is 3.00 bits per heavy atom. The third kappa shape index (κ3) is 2.07. The van der Waals surface area contributed by atoms with E-state index in [1.54, 1.807) is 0 Å². The van der Waals surface area contributed by atoms with Crippen molar-refractivity contribution in [2.24, 2.45) is 0 Å². The molecule has 0 amide bonds. The number of rotatable bonds is 3. The molecule has 1 fully saturated rings. The molecule has 0 bridgehead atoms. The van der Waals surface area contributed by atoms with Gasteiger partial charge in [-0.15, -0.1) is 11.3 Å². The Hall–Kier alpha value is -0.450. The van der Waals surface area contributed by atoms with E-state index in [9.17, 15) is 0 Å². The number of hydrogen-bond acceptors (Lipinski definition) is 4. The van der Waals surface area contributed by atoms with Crippen molar-refractivity contribution in [1.82, 2.24) is 15.2 Å². The first-order chi connectivity index (χ1) is 6.25. The van der Waals surface area contributed by atoms with E-state index >= 15 is 0 Å². The zero-order valence-electron chi connectivity index (χ0n) is 8.08. The molecular weight excluding hydrogens is 182 g/mol. The Bertz CT molecular complexity index is 278. The van der Waals surface area contributed by atoms with Crippen LogP contribution in [0.3, 0.4) is 0 Å². The lowest BCUT2D eigenvalue weighted by Crippen LogP contribution is -2.34. The van der Waals surface area contributed by atoms with Crippen molar-refractivity contribution in [2.75, 3.05) is 20.6 Å². The van der Waals surface area contributed by atoms with E-state index in [-0.39, 0.29) is 0 Å². The highest BCUT2D eigenvalue weighted by Crippen LogP contribution is 2.27. The second kappa shape index (κ2) is 3.74. The van der Waals surface area contributed by atoms with E-state index < -0.39 is 0 Å². The van der Waals surface area contributed by atoms with Gasteiger partial charge in [0, 0.05) is 17.6 Å². The van der Waals surface area contributed by atoms with Gasteiger partial charge >= 0.3 is 0 Å². The van der Waals surface area contributed by atoms with Gasteiger partial charge in [0.1, 0.15) is 5.01 Å². The molecule has 0 aliphatic carbocycles.